The molecule has 1 aliphatic carbocycles. The molecule has 1 unspecified atom stereocenters. The van der Waals surface area contributed by atoms with Gasteiger partial charge in [0, 0.05) is 25.5 Å². The summed E-state index contributed by atoms with van der Waals surface area (Å²) in [6.07, 6.45) is 12.8. The van der Waals surface area contributed by atoms with E-state index in [2.05, 4.69) is 59.3 Å². The molecule has 0 radical (unpaired) electrons. The maximum Gasteiger partial charge on any atom is 0.162 e. The Morgan fingerprint density at radius 3 is 2.86 bits per heavy atom. The molecular weight excluding hydrogens is 368 g/mol. The van der Waals surface area contributed by atoms with Crippen molar-refractivity contribution in [1.29, 1.82) is 0 Å². The lowest BCUT2D eigenvalue weighted by atomic mass is 10.0. The van der Waals surface area contributed by atoms with Crippen LogP contribution in [0.15, 0.2) is 41.2 Å². The summed E-state index contributed by atoms with van der Waals surface area (Å²) in [5, 5.41) is 4.15. The van der Waals surface area contributed by atoms with Gasteiger partial charge in [-0.25, -0.2) is 9.98 Å². The molecule has 2 aromatic heterocycles. The van der Waals surface area contributed by atoms with Gasteiger partial charge in [0.25, 0.3) is 0 Å². The number of thiophene rings is 1. The molecular formula is C22H30N4OS. The number of aromatic nitrogens is 1. The second kappa shape index (κ2) is 10.8. The summed E-state index contributed by atoms with van der Waals surface area (Å²) < 4.78 is 0. The van der Waals surface area contributed by atoms with Crippen molar-refractivity contribution < 1.29 is 4.79 Å². The van der Waals surface area contributed by atoms with Crippen molar-refractivity contribution in [3.8, 4) is 0 Å². The Morgan fingerprint density at radius 1 is 1.43 bits per heavy atom. The summed E-state index contributed by atoms with van der Waals surface area (Å²) in [4.78, 5) is 24.2. The Labute approximate surface area is 171 Å². The molecule has 1 atom stereocenters. The molecule has 0 saturated carbocycles. The van der Waals surface area contributed by atoms with Crippen LogP contribution in [0.5, 0.6) is 0 Å². The monoisotopic (exact) mass is 398 g/mol. The number of rotatable bonds is 7. The molecule has 0 aromatic carbocycles. The predicted octanol–water partition coefficient (Wildman–Crippen LogP) is 5.71. The number of fused-ring (bicyclic) bond motifs is 1. The van der Waals surface area contributed by atoms with Crippen molar-refractivity contribution in [3.05, 3.63) is 41.1 Å². The zero-order chi connectivity index (χ0) is 20.5. The summed E-state index contributed by atoms with van der Waals surface area (Å²) in [5.41, 5.74) is 2.77. The molecule has 0 bridgehead atoms. The fourth-order valence-electron chi connectivity index (χ4n) is 3.00. The van der Waals surface area contributed by atoms with Crippen molar-refractivity contribution >= 4 is 45.6 Å². The predicted molar refractivity (Wildman–Crippen MR) is 122 cm³/mol. The van der Waals surface area contributed by atoms with Crippen molar-refractivity contribution in [2.24, 2.45) is 10.9 Å². The fraction of sp³-hybridized carbons (Fsp3) is 0.409. The summed E-state index contributed by atoms with van der Waals surface area (Å²) in [6.45, 7) is 9.27. The Hall–Kier alpha value is -2.47. The first-order valence-electron chi connectivity index (χ1n) is 9.89. The highest BCUT2D eigenvalue weighted by Gasteiger charge is 2.17. The summed E-state index contributed by atoms with van der Waals surface area (Å²) >= 11 is 1.38. The number of aldehydes is 1. The average Bonchev–Trinajstić information content (AvgIpc) is 3.09. The average molecular weight is 399 g/mol. The molecule has 0 saturated heterocycles. The Bertz CT molecular complexity index is 882. The lowest BCUT2D eigenvalue weighted by Crippen LogP contribution is -2.17. The summed E-state index contributed by atoms with van der Waals surface area (Å²) in [6, 6.07) is 1.99. The Kier molecular flexibility index (Phi) is 8.39. The number of hydrogen-bond donors (Lipinski definition) is 1. The van der Waals surface area contributed by atoms with Gasteiger partial charge in [0.15, 0.2) is 6.29 Å². The molecule has 0 spiro atoms. The van der Waals surface area contributed by atoms with Gasteiger partial charge >= 0.3 is 0 Å². The van der Waals surface area contributed by atoms with Gasteiger partial charge in [0.05, 0.1) is 28.0 Å². The highest BCUT2D eigenvalue weighted by Crippen LogP contribution is 2.41. The lowest BCUT2D eigenvalue weighted by Gasteiger charge is -2.19. The molecule has 2 aromatic rings. The molecule has 1 N–H and O–H groups in total. The van der Waals surface area contributed by atoms with Crippen LogP contribution in [0.4, 0.5) is 11.4 Å². The van der Waals surface area contributed by atoms with Crippen LogP contribution in [0.25, 0.3) is 10.2 Å². The van der Waals surface area contributed by atoms with Crippen LogP contribution in [0.1, 0.15) is 50.2 Å². The molecule has 5 nitrogen and oxygen atoms in total. The fourth-order valence-corrected chi connectivity index (χ4v) is 3.92. The van der Waals surface area contributed by atoms with E-state index in [9.17, 15) is 4.79 Å². The normalized spacial score (nSPS) is 15.9. The third-order valence-electron chi connectivity index (χ3n) is 4.39. The van der Waals surface area contributed by atoms with E-state index in [4.69, 9.17) is 0 Å². The van der Waals surface area contributed by atoms with Crippen LogP contribution in [0.2, 0.25) is 0 Å². The maximum atomic E-state index is 11.6. The van der Waals surface area contributed by atoms with Crippen LogP contribution < -0.4 is 10.2 Å². The van der Waals surface area contributed by atoms with Crippen LogP contribution in [-0.2, 0) is 0 Å². The van der Waals surface area contributed by atoms with Gasteiger partial charge in [-0.1, -0.05) is 39.8 Å². The van der Waals surface area contributed by atoms with E-state index in [0.29, 0.717) is 16.5 Å². The number of anilines is 1. The summed E-state index contributed by atoms with van der Waals surface area (Å²) in [7, 11) is 2.06. The standard InChI is InChI=1S/C20H24N4OS.C2H6/c1-4-11-24(3)16-9-10-21-20-18(16)19(17(12-25)26-20)23-13-22-15-7-5-14(2)6-8-15;1-2/h5,7-10,12-14H,4,6,11H2,1-3H3,(H,22,23);1-2H3. The van der Waals surface area contributed by atoms with E-state index < -0.39 is 0 Å². The number of aliphatic imine (C=N–C) groups is 1. The van der Waals surface area contributed by atoms with Gasteiger partial charge < -0.3 is 10.2 Å². The van der Waals surface area contributed by atoms with Gasteiger partial charge in [-0.05, 0) is 30.9 Å². The minimum atomic E-state index is 0.572. The Balaban J connectivity index is 0.00000136. The van der Waals surface area contributed by atoms with E-state index in [-0.39, 0.29) is 0 Å². The first-order chi connectivity index (χ1) is 13.6. The van der Waals surface area contributed by atoms with Crippen LogP contribution in [-0.4, -0.2) is 31.2 Å². The molecule has 28 heavy (non-hydrogen) atoms. The van der Waals surface area contributed by atoms with Gasteiger partial charge in [-0.2, -0.15) is 0 Å². The third kappa shape index (κ3) is 5.07. The zero-order valence-corrected chi connectivity index (χ0v) is 18.2. The number of pyridine rings is 1. The number of hydrogen-bond acceptors (Lipinski definition) is 5. The largest absolute Gasteiger partial charge is 0.374 e. The first kappa shape index (κ1) is 21.8. The molecule has 1 aliphatic rings. The highest BCUT2D eigenvalue weighted by molar-refractivity contribution is 7.21. The molecule has 0 amide bonds. The van der Waals surface area contributed by atoms with Crippen LogP contribution >= 0.6 is 11.3 Å². The van der Waals surface area contributed by atoms with E-state index in [0.717, 1.165) is 47.3 Å². The highest BCUT2D eigenvalue weighted by atomic mass is 32.1. The van der Waals surface area contributed by atoms with E-state index in [1.165, 1.54) is 11.3 Å². The van der Waals surface area contributed by atoms with Crippen molar-refractivity contribution in [1.82, 2.24) is 10.3 Å². The number of nitrogens with one attached hydrogen (secondary N) is 1. The third-order valence-corrected chi connectivity index (χ3v) is 5.40. The van der Waals surface area contributed by atoms with E-state index in [1.54, 1.807) is 12.5 Å². The summed E-state index contributed by atoms with van der Waals surface area (Å²) in [5.74, 6) is 0.572. The number of carbonyl (C=O) groups is 1. The van der Waals surface area contributed by atoms with Crippen LogP contribution in [0, 0.1) is 5.92 Å². The topological polar surface area (TPSA) is 57.6 Å². The molecule has 2 heterocycles. The molecule has 150 valence electrons. The van der Waals surface area contributed by atoms with Gasteiger partial charge in [0.2, 0.25) is 0 Å². The SMILES string of the molecule is CC.CCCN(C)c1ccnc2sc(C=O)c(N=CNC3=CCC(C)C=C3)c12. The zero-order valence-electron chi connectivity index (χ0n) is 17.4. The second-order valence-electron chi connectivity index (χ2n) is 6.50. The molecule has 0 aliphatic heterocycles. The van der Waals surface area contributed by atoms with Gasteiger partial charge in [-0.3, -0.25) is 4.79 Å². The van der Waals surface area contributed by atoms with Crippen molar-refractivity contribution in [3.63, 3.8) is 0 Å². The van der Waals surface area contributed by atoms with Crippen molar-refractivity contribution in [2.45, 2.75) is 40.5 Å². The number of allylic oxidation sites excluding steroid dienone is 3. The van der Waals surface area contributed by atoms with Gasteiger partial charge in [-0.15, -0.1) is 11.3 Å². The second-order valence-corrected chi connectivity index (χ2v) is 7.53. The molecule has 6 heteroatoms. The lowest BCUT2D eigenvalue weighted by molar-refractivity contribution is 0.112. The number of nitrogens with zero attached hydrogens (tertiary/aromatic N) is 3. The van der Waals surface area contributed by atoms with E-state index in [1.807, 2.05) is 19.9 Å². The Morgan fingerprint density at radius 2 is 2.21 bits per heavy atom. The minimum absolute atomic E-state index is 0.572. The van der Waals surface area contributed by atoms with Crippen molar-refractivity contribution in [2.75, 3.05) is 18.5 Å². The molecule has 0 fully saturated rings. The number of carbonyl (C=O) groups excluding carboxylic acids is 1. The smallest absolute Gasteiger partial charge is 0.162 e. The minimum Gasteiger partial charge on any atom is -0.374 e. The quantitative estimate of drug-likeness (QED) is 0.369. The molecule has 3 rings (SSSR count). The van der Waals surface area contributed by atoms with Crippen LogP contribution in [0.3, 0.4) is 0 Å². The first-order valence-corrected chi connectivity index (χ1v) is 10.7. The van der Waals surface area contributed by atoms with E-state index >= 15 is 0 Å². The maximum absolute atomic E-state index is 11.6. The van der Waals surface area contributed by atoms with Gasteiger partial charge in [0.1, 0.15) is 4.83 Å².